The second-order valence-corrected chi connectivity index (χ2v) is 7.37. The molecule has 1 aromatic heterocycles. The molecule has 3 nitrogen and oxygen atoms in total. The van der Waals surface area contributed by atoms with Crippen LogP contribution >= 0.6 is 11.3 Å². The fourth-order valence-electron chi connectivity index (χ4n) is 3.18. The van der Waals surface area contributed by atoms with E-state index in [2.05, 4.69) is 54.0 Å². The van der Waals surface area contributed by atoms with Crippen molar-refractivity contribution >= 4 is 17.2 Å². The van der Waals surface area contributed by atoms with Crippen molar-refractivity contribution in [1.82, 2.24) is 10.2 Å². The molecular weight excluding hydrogens is 304 g/mol. The van der Waals surface area contributed by atoms with Crippen LogP contribution in [0, 0.1) is 0 Å². The van der Waals surface area contributed by atoms with Gasteiger partial charge in [-0.2, -0.15) is 0 Å². The molecule has 0 spiro atoms. The molecule has 2 aromatic rings. The van der Waals surface area contributed by atoms with E-state index in [4.69, 9.17) is 0 Å². The lowest BCUT2D eigenvalue weighted by molar-refractivity contribution is 0.0942. The summed E-state index contributed by atoms with van der Waals surface area (Å²) in [7, 11) is 4.10. The zero-order chi connectivity index (χ0) is 16.2. The Morgan fingerprint density at radius 1 is 1.22 bits per heavy atom. The fourth-order valence-corrected chi connectivity index (χ4v) is 4.11. The van der Waals surface area contributed by atoms with Crippen molar-refractivity contribution in [1.29, 1.82) is 0 Å². The molecule has 1 heterocycles. The third kappa shape index (κ3) is 3.82. The predicted molar refractivity (Wildman–Crippen MR) is 96.2 cm³/mol. The molecule has 4 heteroatoms. The largest absolute Gasteiger partial charge is 0.350 e. The fraction of sp³-hybridized carbons (Fsp3) is 0.421. The summed E-state index contributed by atoms with van der Waals surface area (Å²) >= 11 is 1.73. The molecule has 1 atom stereocenters. The van der Waals surface area contributed by atoms with E-state index in [9.17, 15) is 4.79 Å². The van der Waals surface area contributed by atoms with Gasteiger partial charge in [0.15, 0.2) is 0 Å². The summed E-state index contributed by atoms with van der Waals surface area (Å²) in [6.07, 6.45) is 4.76. The first-order valence-electron chi connectivity index (χ1n) is 8.25. The first-order valence-corrected chi connectivity index (χ1v) is 9.13. The summed E-state index contributed by atoms with van der Waals surface area (Å²) in [4.78, 5) is 15.9. The third-order valence-electron chi connectivity index (χ3n) is 4.56. The smallest absolute Gasteiger partial charge is 0.251 e. The zero-order valence-corrected chi connectivity index (χ0v) is 14.7. The van der Waals surface area contributed by atoms with Gasteiger partial charge in [0, 0.05) is 17.0 Å². The number of carbonyl (C=O) groups is 1. The Hall–Kier alpha value is -1.65. The summed E-state index contributed by atoms with van der Waals surface area (Å²) in [6.45, 7) is 0.628. The number of thiophene rings is 1. The molecule has 23 heavy (non-hydrogen) atoms. The Bertz CT molecular complexity index is 664. The van der Waals surface area contributed by atoms with Gasteiger partial charge in [-0.05, 0) is 74.5 Å². The number of likely N-dealkylation sites (N-methyl/N-ethyl adjacent to an activating group) is 1. The summed E-state index contributed by atoms with van der Waals surface area (Å²) < 4.78 is 0. The van der Waals surface area contributed by atoms with Crippen molar-refractivity contribution in [2.45, 2.75) is 31.7 Å². The molecule has 0 bridgehead atoms. The Balaban J connectivity index is 1.67. The first kappa shape index (κ1) is 16.2. The van der Waals surface area contributed by atoms with Crippen LogP contribution in [0.25, 0.3) is 0 Å². The van der Waals surface area contributed by atoms with E-state index in [1.165, 1.54) is 28.8 Å². The summed E-state index contributed by atoms with van der Waals surface area (Å²) in [5, 5.41) is 5.18. The van der Waals surface area contributed by atoms with Crippen molar-refractivity contribution in [2.75, 3.05) is 20.6 Å². The number of benzene rings is 1. The number of hydrogen-bond acceptors (Lipinski definition) is 3. The van der Waals surface area contributed by atoms with Gasteiger partial charge < -0.3 is 10.2 Å². The van der Waals surface area contributed by atoms with Crippen molar-refractivity contribution in [3.05, 3.63) is 57.3 Å². The number of carbonyl (C=O) groups excluding carboxylic acids is 1. The van der Waals surface area contributed by atoms with Crippen LogP contribution in [0.3, 0.4) is 0 Å². The lowest BCUT2D eigenvalue weighted by Gasteiger charge is -2.23. The topological polar surface area (TPSA) is 32.3 Å². The van der Waals surface area contributed by atoms with Gasteiger partial charge in [0.05, 0.1) is 6.04 Å². The van der Waals surface area contributed by atoms with Gasteiger partial charge in [0.2, 0.25) is 0 Å². The van der Waals surface area contributed by atoms with Gasteiger partial charge in [-0.25, -0.2) is 0 Å². The van der Waals surface area contributed by atoms with E-state index < -0.39 is 0 Å². The van der Waals surface area contributed by atoms with E-state index in [-0.39, 0.29) is 11.9 Å². The molecular formula is C19H24N2OS. The molecule has 0 aliphatic heterocycles. The Morgan fingerprint density at radius 3 is 2.70 bits per heavy atom. The van der Waals surface area contributed by atoms with Gasteiger partial charge in [-0.1, -0.05) is 12.1 Å². The third-order valence-corrected chi connectivity index (χ3v) is 5.54. The number of nitrogens with zero attached hydrogens (tertiary/aromatic N) is 1. The molecule has 1 aromatic carbocycles. The molecule has 1 N–H and O–H groups in total. The molecule has 0 saturated carbocycles. The molecule has 3 rings (SSSR count). The Labute approximate surface area is 142 Å². The van der Waals surface area contributed by atoms with Crippen LogP contribution in [0.15, 0.2) is 35.7 Å². The highest BCUT2D eigenvalue weighted by molar-refractivity contribution is 7.10. The zero-order valence-electron chi connectivity index (χ0n) is 13.8. The monoisotopic (exact) mass is 328 g/mol. The average molecular weight is 328 g/mol. The number of hydrogen-bond donors (Lipinski definition) is 1. The maximum atomic E-state index is 12.5. The summed E-state index contributed by atoms with van der Waals surface area (Å²) in [5.41, 5.74) is 3.55. The van der Waals surface area contributed by atoms with E-state index in [0.717, 1.165) is 18.4 Å². The van der Waals surface area contributed by atoms with Gasteiger partial charge >= 0.3 is 0 Å². The van der Waals surface area contributed by atoms with Gasteiger partial charge in [-0.3, -0.25) is 4.79 Å². The van der Waals surface area contributed by atoms with E-state index in [1.54, 1.807) is 11.3 Å². The van der Waals surface area contributed by atoms with E-state index in [0.29, 0.717) is 6.54 Å². The van der Waals surface area contributed by atoms with Gasteiger partial charge in [-0.15, -0.1) is 11.3 Å². The minimum Gasteiger partial charge on any atom is -0.350 e. The van der Waals surface area contributed by atoms with E-state index in [1.807, 2.05) is 6.07 Å². The van der Waals surface area contributed by atoms with Gasteiger partial charge in [0.1, 0.15) is 0 Å². The van der Waals surface area contributed by atoms with Crippen LogP contribution in [-0.4, -0.2) is 31.4 Å². The highest BCUT2D eigenvalue weighted by Gasteiger charge is 2.17. The quantitative estimate of drug-likeness (QED) is 0.908. The van der Waals surface area contributed by atoms with Crippen LogP contribution in [0.2, 0.25) is 0 Å². The Morgan fingerprint density at radius 2 is 2.00 bits per heavy atom. The molecule has 1 aliphatic carbocycles. The number of amides is 1. The minimum absolute atomic E-state index is 0.0294. The average Bonchev–Trinajstić information content (AvgIpc) is 3.08. The lowest BCUT2D eigenvalue weighted by atomic mass is 9.90. The standard InChI is InChI=1S/C19H24N2OS/c1-21(2)17(18-8-5-11-23-18)13-20-19(22)16-10-9-14-6-3-4-7-15(14)12-16/h5,8-12,17H,3-4,6-7,13H2,1-2H3,(H,20,22). The number of rotatable bonds is 5. The summed E-state index contributed by atoms with van der Waals surface area (Å²) in [6, 6.07) is 10.6. The second-order valence-electron chi connectivity index (χ2n) is 6.40. The van der Waals surface area contributed by atoms with Crippen molar-refractivity contribution in [3.8, 4) is 0 Å². The van der Waals surface area contributed by atoms with E-state index >= 15 is 0 Å². The lowest BCUT2D eigenvalue weighted by Crippen LogP contribution is -2.34. The van der Waals surface area contributed by atoms with Crippen molar-refractivity contribution in [3.63, 3.8) is 0 Å². The van der Waals surface area contributed by atoms with Crippen LogP contribution in [0.5, 0.6) is 0 Å². The highest BCUT2D eigenvalue weighted by Crippen LogP contribution is 2.24. The summed E-state index contributed by atoms with van der Waals surface area (Å²) in [5.74, 6) is 0.0294. The number of fused-ring (bicyclic) bond motifs is 1. The molecule has 0 saturated heterocycles. The Kier molecular flexibility index (Phi) is 5.13. The molecule has 122 valence electrons. The van der Waals surface area contributed by atoms with Crippen LogP contribution < -0.4 is 5.32 Å². The minimum atomic E-state index is 0.0294. The molecule has 1 aliphatic rings. The second kappa shape index (κ2) is 7.28. The molecule has 0 radical (unpaired) electrons. The highest BCUT2D eigenvalue weighted by atomic mass is 32.1. The maximum Gasteiger partial charge on any atom is 0.251 e. The van der Waals surface area contributed by atoms with Crippen LogP contribution in [-0.2, 0) is 12.8 Å². The van der Waals surface area contributed by atoms with Crippen molar-refractivity contribution < 1.29 is 4.79 Å². The van der Waals surface area contributed by atoms with Crippen LogP contribution in [0.1, 0.15) is 45.2 Å². The molecule has 1 amide bonds. The number of aryl methyl sites for hydroxylation is 2. The SMILES string of the molecule is CN(C)C(CNC(=O)c1ccc2c(c1)CCCC2)c1cccs1. The first-order chi connectivity index (χ1) is 11.1. The van der Waals surface area contributed by atoms with Crippen molar-refractivity contribution in [2.24, 2.45) is 0 Å². The van der Waals surface area contributed by atoms with Gasteiger partial charge in [0.25, 0.3) is 5.91 Å². The normalized spacial score (nSPS) is 15.3. The molecule has 0 fully saturated rings. The van der Waals surface area contributed by atoms with Crippen LogP contribution in [0.4, 0.5) is 0 Å². The molecule has 1 unspecified atom stereocenters. The maximum absolute atomic E-state index is 12.5. The predicted octanol–water partition coefficient (Wildman–Crippen LogP) is 3.66. The number of nitrogens with one attached hydrogen (secondary N) is 1.